The SMILES string of the molecule is COC(C)(C)c1nnc(CCNC(C)C)s1. The van der Waals surface area contributed by atoms with Crippen LogP contribution < -0.4 is 5.32 Å². The topological polar surface area (TPSA) is 47.0 Å². The van der Waals surface area contributed by atoms with Gasteiger partial charge in [0.25, 0.3) is 0 Å². The van der Waals surface area contributed by atoms with Gasteiger partial charge in [-0.2, -0.15) is 0 Å². The maximum Gasteiger partial charge on any atom is 0.148 e. The van der Waals surface area contributed by atoms with Crippen LogP contribution in [-0.2, 0) is 16.8 Å². The fraction of sp³-hybridized carbons (Fsp3) is 0.818. The van der Waals surface area contributed by atoms with Crippen molar-refractivity contribution in [3.8, 4) is 0 Å². The number of methoxy groups -OCH3 is 1. The molecule has 1 N–H and O–H groups in total. The van der Waals surface area contributed by atoms with Gasteiger partial charge >= 0.3 is 0 Å². The Morgan fingerprint density at radius 1 is 1.38 bits per heavy atom. The Bertz CT molecular complexity index is 323. The monoisotopic (exact) mass is 243 g/mol. The van der Waals surface area contributed by atoms with Crippen LogP contribution in [0.4, 0.5) is 0 Å². The first-order valence-electron chi connectivity index (χ1n) is 5.57. The van der Waals surface area contributed by atoms with E-state index in [2.05, 4.69) is 29.4 Å². The number of hydrogen-bond acceptors (Lipinski definition) is 5. The van der Waals surface area contributed by atoms with Gasteiger partial charge in [-0.1, -0.05) is 25.2 Å². The molecule has 0 unspecified atom stereocenters. The van der Waals surface area contributed by atoms with Crippen molar-refractivity contribution in [3.05, 3.63) is 10.0 Å². The van der Waals surface area contributed by atoms with Crippen LogP contribution in [0.25, 0.3) is 0 Å². The highest BCUT2D eigenvalue weighted by Gasteiger charge is 2.24. The van der Waals surface area contributed by atoms with Gasteiger partial charge in [-0.25, -0.2) is 0 Å². The Balaban J connectivity index is 2.52. The average Bonchev–Trinajstić information content (AvgIpc) is 2.66. The van der Waals surface area contributed by atoms with Crippen LogP contribution in [0.5, 0.6) is 0 Å². The van der Waals surface area contributed by atoms with E-state index in [1.165, 1.54) is 0 Å². The Labute approximate surface area is 101 Å². The van der Waals surface area contributed by atoms with E-state index in [4.69, 9.17) is 4.74 Å². The summed E-state index contributed by atoms with van der Waals surface area (Å²) in [7, 11) is 1.70. The molecule has 0 aromatic carbocycles. The zero-order chi connectivity index (χ0) is 12.2. The molecule has 1 heterocycles. The largest absolute Gasteiger partial charge is 0.372 e. The number of nitrogens with one attached hydrogen (secondary N) is 1. The predicted octanol–water partition coefficient (Wildman–Crippen LogP) is 1.96. The summed E-state index contributed by atoms with van der Waals surface area (Å²) < 4.78 is 5.37. The van der Waals surface area contributed by atoms with Crippen molar-refractivity contribution in [1.29, 1.82) is 0 Å². The van der Waals surface area contributed by atoms with E-state index in [0.717, 1.165) is 23.0 Å². The fourth-order valence-electron chi connectivity index (χ4n) is 1.15. The second kappa shape index (κ2) is 5.70. The molecule has 1 aromatic rings. The molecule has 0 radical (unpaired) electrons. The standard InChI is InChI=1S/C11H21N3OS/c1-8(2)12-7-6-9-13-14-10(16-9)11(3,4)15-5/h8,12H,6-7H2,1-5H3. The molecule has 0 atom stereocenters. The Hall–Kier alpha value is -0.520. The van der Waals surface area contributed by atoms with Gasteiger partial charge in [-0.15, -0.1) is 10.2 Å². The fourth-order valence-corrected chi connectivity index (χ4v) is 2.07. The molecule has 0 aliphatic carbocycles. The summed E-state index contributed by atoms with van der Waals surface area (Å²) in [5.74, 6) is 0. The normalized spacial score (nSPS) is 12.4. The minimum absolute atomic E-state index is 0.332. The van der Waals surface area contributed by atoms with Gasteiger partial charge in [0.2, 0.25) is 0 Å². The summed E-state index contributed by atoms with van der Waals surface area (Å²) in [5.41, 5.74) is -0.332. The molecule has 0 saturated heterocycles. The average molecular weight is 243 g/mol. The molecule has 16 heavy (non-hydrogen) atoms. The van der Waals surface area contributed by atoms with Crippen LogP contribution in [0, 0.1) is 0 Å². The van der Waals surface area contributed by atoms with E-state index in [9.17, 15) is 0 Å². The molecule has 0 spiro atoms. The minimum Gasteiger partial charge on any atom is -0.372 e. The van der Waals surface area contributed by atoms with E-state index in [-0.39, 0.29) is 5.60 Å². The molecule has 0 aliphatic rings. The van der Waals surface area contributed by atoms with Crippen LogP contribution >= 0.6 is 11.3 Å². The van der Waals surface area contributed by atoms with Crippen LogP contribution in [0.2, 0.25) is 0 Å². The van der Waals surface area contributed by atoms with E-state index in [1.54, 1.807) is 18.4 Å². The first kappa shape index (κ1) is 13.5. The maximum atomic E-state index is 5.37. The third-order valence-electron chi connectivity index (χ3n) is 2.38. The first-order valence-corrected chi connectivity index (χ1v) is 6.38. The molecule has 4 nitrogen and oxygen atoms in total. The number of rotatable bonds is 6. The smallest absolute Gasteiger partial charge is 0.148 e. The van der Waals surface area contributed by atoms with Crippen molar-refractivity contribution in [3.63, 3.8) is 0 Å². The summed E-state index contributed by atoms with van der Waals surface area (Å²) in [6.45, 7) is 9.23. The molecule has 0 amide bonds. The summed E-state index contributed by atoms with van der Waals surface area (Å²) in [6, 6.07) is 0.516. The molecule has 1 rings (SSSR count). The van der Waals surface area contributed by atoms with Crippen molar-refractivity contribution < 1.29 is 4.74 Å². The summed E-state index contributed by atoms with van der Waals surface area (Å²) >= 11 is 1.63. The number of aromatic nitrogens is 2. The number of hydrogen-bond donors (Lipinski definition) is 1. The van der Waals surface area contributed by atoms with E-state index >= 15 is 0 Å². The van der Waals surface area contributed by atoms with Crippen molar-refractivity contribution in [1.82, 2.24) is 15.5 Å². The molecule has 0 fully saturated rings. The van der Waals surface area contributed by atoms with Crippen LogP contribution in [0.15, 0.2) is 0 Å². The third kappa shape index (κ3) is 3.81. The molecular weight excluding hydrogens is 222 g/mol. The first-order chi connectivity index (χ1) is 7.45. The van der Waals surface area contributed by atoms with Crippen molar-refractivity contribution in [2.45, 2.75) is 45.8 Å². The van der Waals surface area contributed by atoms with Crippen LogP contribution in [0.1, 0.15) is 37.7 Å². The highest BCUT2D eigenvalue weighted by molar-refractivity contribution is 7.11. The zero-order valence-electron chi connectivity index (χ0n) is 10.7. The molecular formula is C11H21N3OS. The second-order valence-corrected chi connectivity index (χ2v) is 5.64. The van der Waals surface area contributed by atoms with Crippen molar-refractivity contribution >= 4 is 11.3 Å². The lowest BCUT2D eigenvalue weighted by Gasteiger charge is -2.18. The van der Waals surface area contributed by atoms with Crippen molar-refractivity contribution in [2.75, 3.05) is 13.7 Å². The maximum absolute atomic E-state index is 5.37. The van der Waals surface area contributed by atoms with Crippen molar-refractivity contribution in [2.24, 2.45) is 0 Å². The van der Waals surface area contributed by atoms with Gasteiger partial charge in [-0.05, 0) is 13.8 Å². The Kier molecular flexibility index (Phi) is 4.83. The lowest BCUT2D eigenvalue weighted by Crippen LogP contribution is -2.24. The summed E-state index contributed by atoms with van der Waals surface area (Å²) in [5, 5.41) is 13.7. The van der Waals surface area contributed by atoms with Gasteiger partial charge in [0.05, 0.1) is 0 Å². The van der Waals surface area contributed by atoms with E-state index < -0.39 is 0 Å². The minimum atomic E-state index is -0.332. The molecule has 0 bridgehead atoms. The van der Waals surface area contributed by atoms with Gasteiger partial charge in [0.15, 0.2) is 0 Å². The van der Waals surface area contributed by atoms with Gasteiger partial charge in [0.1, 0.15) is 15.6 Å². The van der Waals surface area contributed by atoms with E-state index in [0.29, 0.717) is 6.04 Å². The second-order valence-electron chi connectivity index (χ2n) is 4.57. The lowest BCUT2D eigenvalue weighted by molar-refractivity contribution is 0.0185. The summed E-state index contributed by atoms with van der Waals surface area (Å²) in [6.07, 6.45) is 0.926. The van der Waals surface area contributed by atoms with Crippen LogP contribution in [-0.4, -0.2) is 29.9 Å². The Morgan fingerprint density at radius 2 is 2.06 bits per heavy atom. The van der Waals surface area contributed by atoms with E-state index in [1.807, 2.05) is 13.8 Å². The van der Waals surface area contributed by atoms with Gasteiger partial charge in [-0.3, -0.25) is 0 Å². The van der Waals surface area contributed by atoms with Crippen LogP contribution in [0.3, 0.4) is 0 Å². The molecule has 0 aliphatic heterocycles. The van der Waals surface area contributed by atoms with Gasteiger partial charge < -0.3 is 10.1 Å². The molecule has 1 aromatic heterocycles. The quantitative estimate of drug-likeness (QED) is 0.829. The molecule has 5 heteroatoms. The summed E-state index contributed by atoms with van der Waals surface area (Å²) in [4.78, 5) is 0. The Morgan fingerprint density at radius 3 is 2.62 bits per heavy atom. The lowest BCUT2D eigenvalue weighted by atomic mass is 10.1. The third-order valence-corrected chi connectivity index (χ3v) is 3.67. The number of ether oxygens (including phenoxy) is 1. The molecule has 0 saturated carbocycles. The van der Waals surface area contributed by atoms with Gasteiger partial charge in [0, 0.05) is 26.1 Å². The highest BCUT2D eigenvalue weighted by atomic mass is 32.1. The predicted molar refractivity (Wildman–Crippen MR) is 66.8 cm³/mol. The zero-order valence-corrected chi connectivity index (χ0v) is 11.5. The molecule has 92 valence electrons. The highest BCUT2D eigenvalue weighted by Crippen LogP contribution is 2.26. The number of nitrogens with zero attached hydrogens (tertiary/aromatic N) is 2.